The Bertz CT molecular complexity index is 4940. The summed E-state index contributed by atoms with van der Waals surface area (Å²) in [4.78, 5) is 61.6. The average Bonchev–Trinajstić information content (AvgIpc) is 1.30. The van der Waals surface area contributed by atoms with E-state index in [0.717, 1.165) is 140 Å². The molecule has 37 heteroatoms. The van der Waals surface area contributed by atoms with Crippen LogP contribution in [0.5, 0.6) is 35.8 Å². The van der Waals surface area contributed by atoms with Crippen molar-refractivity contribution in [2.75, 3.05) is 39.6 Å². The molecular weight excluding hydrogens is 1600 g/mol. The van der Waals surface area contributed by atoms with Crippen molar-refractivity contribution in [2.24, 2.45) is 16.2 Å². The van der Waals surface area contributed by atoms with Crippen molar-refractivity contribution < 1.29 is 91.6 Å². The van der Waals surface area contributed by atoms with Gasteiger partial charge in [-0.25, -0.2) is 9.97 Å². The fourth-order valence-corrected chi connectivity index (χ4v) is 16.6. The highest BCUT2D eigenvalue weighted by atomic mass is 35.5. The van der Waals surface area contributed by atoms with E-state index in [0.29, 0.717) is 93.8 Å². The van der Waals surface area contributed by atoms with Crippen LogP contribution in [-0.4, -0.2) is 143 Å². The third-order valence-electron chi connectivity index (χ3n) is 22.2. The van der Waals surface area contributed by atoms with Crippen molar-refractivity contribution in [2.45, 2.75) is 203 Å². The largest absolute Gasteiger partial charge is 0.484 e. The Morgan fingerprint density at radius 3 is 1.17 bits per heavy atom. The first kappa shape index (κ1) is 84.5. The molecule has 6 aromatic heterocycles. The van der Waals surface area contributed by atoms with E-state index in [-0.39, 0.29) is 136 Å². The number of pyridine rings is 1. The lowest BCUT2D eigenvalue weighted by Gasteiger charge is -2.56. The molecule has 0 unspecified atom stereocenters. The molecular formula is C82H89Cl2F6N15O14. The van der Waals surface area contributed by atoms with Crippen LogP contribution in [-0.2, 0) is 21.9 Å². The number of carbonyl (C=O) groups excluding carboxylic acids is 4. The van der Waals surface area contributed by atoms with Gasteiger partial charge in [-0.2, -0.15) is 26.3 Å². The molecule has 7 aliphatic carbocycles. The normalized spacial score (nSPS) is 23.6. The number of rotatable bonds is 28. The maximum Gasteiger partial charge on any atom is 0.416 e. The van der Waals surface area contributed by atoms with Gasteiger partial charge in [-0.05, 0) is 223 Å². The maximum absolute atomic E-state index is 12.9. The molecule has 4 amide bonds. The van der Waals surface area contributed by atoms with Crippen LogP contribution in [0.3, 0.4) is 0 Å². The predicted octanol–water partition coefficient (Wildman–Crippen LogP) is 15.8. The summed E-state index contributed by atoms with van der Waals surface area (Å²) in [5, 5.41) is 45.4. The molecule has 10 aromatic rings. The summed E-state index contributed by atoms with van der Waals surface area (Å²) < 4.78 is 132. The summed E-state index contributed by atoms with van der Waals surface area (Å²) in [5.74, 6) is 3.61. The summed E-state index contributed by atoms with van der Waals surface area (Å²) >= 11 is 11.6. The molecule has 3 spiro atoms. The number of benzene rings is 4. The van der Waals surface area contributed by atoms with Gasteiger partial charge in [-0.3, -0.25) is 24.2 Å². The van der Waals surface area contributed by atoms with Crippen molar-refractivity contribution >= 4 is 68.8 Å². The zero-order valence-corrected chi connectivity index (χ0v) is 67.1. The summed E-state index contributed by atoms with van der Waals surface area (Å²) in [6.07, 6.45) is 9.44. The first-order valence-electron chi connectivity index (χ1n) is 39.8. The van der Waals surface area contributed by atoms with Gasteiger partial charge in [-0.15, -0.1) is 20.4 Å². The molecule has 632 valence electrons. The Balaban J connectivity index is 0.000000131. The summed E-state index contributed by atoms with van der Waals surface area (Å²) in [5.41, 5.74) is 0.0844. The van der Waals surface area contributed by atoms with Crippen LogP contribution in [0.15, 0.2) is 121 Å². The number of amides is 4. The highest BCUT2D eigenvalue weighted by molar-refractivity contribution is 6.30. The lowest BCUT2D eigenvalue weighted by molar-refractivity contribution is -0.138. The Morgan fingerprint density at radius 2 is 0.765 bits per heavy atom. The molecule has 0 atom stereocenters. The second-order valence-electron chi connectivity index (χ2n) is 31.6. The van der Waals surface area contributed by atoms with Gasteiger partial charge in [0, 0.05) is 63.3 Å². The Morgan fingerprint density at radius 1 is 0.403 bits per heavy atom. The highest BCUT2D eigenvalue weighted by Crippen LogP contribution is 2.64. The topological polar surface area (TPSA) is 366 Å². The minimum Gasteiger partial charge on any atom is -0.484 e. The van der Waals surface area contributed by atoms with E-state index in [1.165, 1.54) is 30.5 Å². The standard InChI is InChI=1S/C23H23F3N4O3.C22H22F3N5O3.C20H24ClN3O4.C17H20ClN3O4/c1-2-7-32-21-30-29-20(33-21)14-9-22(10-14)11-16(12-22)27-19(31)18-5-3-13-8-15(23(24,25)26)4-6-17(13)28-18;1-2-5-32-20-30-29-19(33-20)12-7-21(8-12)9-14(10-21)27-18(31)17-11-26-16-6-13(22(23,24)25)3-4-15(16)28-17;1-2-7-26-19-24-23-18(28-19)13-8-20(9-13)10-15(11-20)22-17(25)12-27-16-5-3-14(21)4-6-16;1-2-7-23-17-21-20-16(25-17)11-8-13(9-11)19-15(22)10-24-14-5-3-12(18)4-6-14/h3-6,8,14,16H,2,7,9-12H2,1H3,(H,27,31);3-4,6,11-12,14H,2,5,7-10H2,1H3,(H,27,31);3-6,13,15H,2,7-12H2,1H3,(H,22,25);3-6,11,13H,2,7-10H2,1H3,(H,19,22). The molecule has 6 heterocycles. The summed E-state index contributed by atoms with van der Waals surface area (Å²) in [7, 11) is 0. The van der Waals surface area contributed by atoms with Crippen LogP contribution in [0.2, 0.25) is 10.0 Å². The van der Waals surface area contributed by atoms with Crippen molar-refractivity contribution in [3.8, 4) is 35.8 Å². The predicted molar refractivity (Wildman–Crippen MR) is 415 cm³/mol. The number of ether oxygens (including phenoxy) is 6. The maximum atomic E-state index is 12.9. The van der Waals surface area contributed by atoms with Crippen LogP contribution >= 0.6 is 23.2 Å². The summed E-state index contributed by atoms with van der Waals surface area (Å²) in [6, 6.07) is 23.6. The van der Waals surface area contributed by atoms with Gasteiger partial charge in [0.2, 0.25) is 23.6 Å². The zero-order valence-electron chi connectivity index (χ0n) is 65.6. The van der Waals surface area contributed by atoms with Gasteiger partial charge >= 0.3 is 36.7 Å². The van der Waals surface area contributed by atoms with Crippen LogP contribution in [0.1, 0.15) is 223 Å². The van der Waals surface area contributed by atoms with E-state index in [1.54, 1.807) is 48.5 Å². The molecule has 0 saturated heterocycles. The number of aromatic nitrogens is 11. The van der Waals surface area contributed by atoms with Crippen molar-refractivity contribution in [3.63, 3.8) is 0 Å². The molecule has 17 rings (SSSR count). The zero-order chi connectivity index (χ0) is 83.6. The third kappa shape index (κ3) is 21.4. The average molecular weight is 1690 g/mol. The minimum atomic E-state index is -4.46. The van der Waals surface area contributed by atoms with Gasteiger partial charge in [-0.1, -0.05) is 77.4 Å². The van der Waals surface area contributed by atoms with Gasteiger partial charge in [0.1, 0.15) is 22.9 Å². The van der Waals surface area contributed by atoms with E-state index < -0.39 is 23.5 Å². The highest BCUT2D eigenvalue weighted by Gasteiger charge is 2.57. The number of alkyl halides is 6. The van der Waals surface area contributed by atoms with Crippen LogP contribution in [0.25, 0.3) is 21.9 Å². The summed E-state index contributed by atoms with van der Waals surface area (Å²) in [6.45, 7) is 10.2. The van der Waals surface area contributed by atoms with Crippen LogP contribution in [0.4, 0.5) is 26.3 Å². The molecule has 29 nitrogen and oxygen atoms in total. The second-order valence-corrected chi connectivity index (χ2v) is 32.5. The van der Waals surface area contributed by atoms with Gasteiger partial charge in [0.25, 0.3) is 23.6 Å². The first-order chi connectivity index (χ1) is 57.2. The molecule has 0 aliphatic heterocycles. The number of nitrogens with zero attached hydrogens (tertiary/aromatic N) is 11. The Kier molecular flexibility index (Phi) is 26.1. The number of carbonyl (C=O) groups is 4. The molecule has 7 saturated carbocycles. The van der Waals surface area contributed by atoms with Crippen LogP contribution in [0, 0.1) is 16.2 Å². The van der Waals surface area contributed by atoms with E-state index in [2.05, 4.69) is 77.0 Å². The number of fused-ring (bicyclic) bond motifs is 2. The third-order valence-corrected chi connectivity index (χ3v) is 22.7. The fraction of sp³-hybridized carbons (Fsp3) is 0.500. The number of halogens is 8. The van der Waals surface area contributed by atoms with E-state index in [9.17, 15) is 45.5 Å². The molecule has 0 bridgehead atoms. The Hall–Kier alpha value is -11.0. The van der Waals surface area contributed by atoms with E-state index >= 15 is 0 Å². The molecule has 4 N–H and O–H groups in total. The lowest BCUT2D eigenvalue weighted by Crippen LogP contribution is -2.56. The number of hydrogen-bond donors (Lipinski definition) is 4. The second kappa shape index (κ2) is 36.7. The molecule has 0 radical (unpaired) electrons. The molecule has 119 heavy (non-hydrogen) atoms. The van der Waals surface area contributed by atoms with Crippen LogP contribution < -0.4 is 49.7 Å². The van der Waals surface area contributed by atoms with Crippen molar-refractivity contribution in [1.29, 1.82) is 0 Å². The molecule has 7 aliphatic rings. The minimum absolute atomic E-state index is 0.0102. The Labute approximate surface area is 688 Å². The monoisotopic (exact) mass is 1690 g/mol. The first-order valence-corrected chi connectivity index (χ1v) is 40.6. The lowest BCUT2D eigenvalue weighted by atomic mass is 9.50. The smallest absolute Gasteiger partial charge is 0.416 e. The number of nitrogens with one attached hydrogen (secondary N) is 4. The van der Waals surface area contributed by atoms with Crippen molar-refractivity contribution in [3.05, 3.63) is 159 Å². The number of hydrogen-bond acceptors (Lipinski definition) is 25. The molecule has 4 aromatic carbocycles. The van der Waals surface area contributed by atoms with Gasteiger partial charge < -0.3 is 67.4 Å². The van der Waals surface area contributed by atoms with Crippen molar-refractivity contribution in [1.82, 2.24) is 77.0 Å². The van der Waals surface area contributed by atoms with E-state index in [4.69, 9.17) is 69.3 Å². The SMILES string of the molecule is CCCOc1nnc(C2CC(NC(=O)COc3ccc(Cl)cc3)C2)o1.CCCOc1nnc(C2CC3(CC(NC(=O)COc4ccc(Cl)cc4)C3)C2)o1.CCCOc1nnc(C2CC3(CC(NC(=O)c4ccc5cc(C(F)(F)F)ccc5n4)C3)C2)o1.CCCOc1nnc(C2CC3(CC(NC(=O)c4cnc5cc(C(F)(F)F)ccc5n4)C3)C2)o1. The fourth-order valence-electron chi connectivity index (χ4n) is 16.4. The van der Waals surface area contributed by atoms with Gasteiger partial charge in [0.05, 0.1) is 60.3 Å². The quantitative estimate of drug-likeness (QED) is 0.0331. The van der Waals surface area contributed by atoms with Gasteiger partial charge in [0.15, 0.2) is 13.2 Å². The van der Waals surface area contributed by atoms with E-state index in [1.807, 2.05) is 27.7 Å². The molecule has 7 fully saturated rings.